The average Bonchev–Trinajstić information content (AvgIpc) is 3.19. The van der Waals surface area contributed by atoms with Gasteiger partial charge in [-0.2, -0.15) is 5.10 Å². The molecule has 20 heavy (non-hydrogen) atoms. The summed E-state index contributed by atoms with van der Waals surface area (Å²) in [5.74, 6) is 0.696. The van der Waals surface area contributed by atoms with Crippen LogP contribution in [0.4, 0.5) is 5.69 Å². The highest BCUT2D eigenvalue weighted by molar-refractivity contribution is 9.10. The molecule has 0 spiro atoms. The van der Waals surface area contributed by atoms with Gasteiger partial charge in [-0.15, -0.1) is 0 Å². The molecule has 1 saturated carbocycles. The Kier molecular flexibility index (Phi) is 4.12. The first-order valence-electron chi connectivity index (χ1n) is 7.34. The molecule has 1 N–H and O–H groups in total. The van der Waals surface area contributed by atoms with Gasteiger partial charge in [-0.25, -0.2) is 4.68 Å². The summed E-state index contributed by atoms with van der Waals surface area (Å²) in [6.07, 6.45) is 6.45. The van der Waals surface area contributed by atoms with Gasteiger partial charge in [-0.3, -0.25) is 4.79 Å². The van der Waals surface area contributed by atoms with Crippen LogP contribution in [0.3, 0.4) is 0 Å². The second-order valence-electron chi connectivity index (χ2n) is 5.61. The first-order chi connectivity index (χ1) is 9.70. The highest BCUT2D eigenvalue weighted by Crippen LogP contribution is 2.39. The summed E-state index contributed by atoms with van der Waals surface area (Å²) in [6.45, 7) is 3.48. The topological polar surface area (TPSA) is 56.1 Å². The summed E-state index contributed by atoms with van der Waals surface area (Å²) < 4.78 is 7.88. The van der Waals surface area contributed by atoms with Gasteiger partial charge in [0.1, 0.15) is 4.47 Å². The first kappa shape index (κ1) is 14.1. The van der Waals surface area contributed by atoms with E-state index in [0.717, 1.165) is 25.1 Å². The van der Waals surface area contributed by atoms with Crippen LogP contribution in [0.5, 0.6) is 0 Å². The summed E-state index contributed by atoms with van der Waals surface area (Å²) in [7, 11) is 0. The number of rotatable bonds is 5. The van der Waals surface area contributed by atoms with E-state index in [2.05, 4.69) is 26.3 Å². The number of halogens is 1. The van der Waals surface area contributed by atoms with Gasteiger partial charge in [0.05, 0.1) is 24.0 Å². The van der Waals surface area contributed by atoms with Crippen LogP contribution in [0.15, 0.2) is 15.5 Å². The highest BCUT2D eigenvalue weighted by atomic mass is 79.9. The number of nitrogens with one attached hydrogen (secondary N) is 1. The normalized spacial score (nSPS) is 25.9. The molecule has 2 aliphatic rings. The van der Waals surface area contributed by atoms with Crippen molar-refractivity contribution in [2.45, 2.75) is 51.3 Å². The summed E-state index contributed by atoms with van der Waals surface area (Å²) in [5.41, 5.74) is 0.710. The summed E-state index contributed by atoms with van der Waals surface area (Å²) in [5, 5.41) is 7.67. The third-order valence-electron chi connectivity index (χ3n) is 3.98. The van der Waals surface area contributed by atoms with Crippen LogP contribution in [0.25, 0.3) is 0 Å². The Hall–Kier alpha value is -0.880. The van der Waals surface area contributed by atoms with Crippen molar-refractivity contribution in [3.63, 3.8) is 0 Å². The number of anilines is 1. The molecule has 0 bridgehead atoms. The largest absolute Gasteiger partial charge is 0.377 e. The van der Waals surface area contributed by atoms with E-state index < -0.39 is 0 Å². The molecule has 1 aromatic heterocycles. The number of hydrogen-bond acceptors (Lipinski definition) is 4. The zero-order chi connectivity index (χ0) is 14.1. The lowest BCUT2D eigenvalue weighted by Gasteiger charge is -2.21. The van der Waals surface area contributed by atoms with E-state index in [-0.39, 0.29) is 5.56 Å². The molecule has 0 aromatic carbocycles. The molecule has 2 atom stereocenters. The van der Waals surface area contributed by atoms with Gasteiger partial charge in [0, 0.05) is 13.2 Å². The Morgan fingerprint density at radius 1 is 1.50 bits per heavy atom. The molecule has 6 heteroatoms. The Balaban J connectivity index is 1.77. The molecule has 2 unspecified atom stereocenters. The minimum absolute atomic E-state index is 0.0706. The second-order valence-corrected chi connectivity index (χ2v) is 6.41. The number of ether oxygens (including phenoxy) is 1. The van der Waals surface area contributed by atoms with Crippen LogP contribution in [0.1, 0.15) is 32.6 Å². The van der Waals surface area contributed by atoms with Crippen LogP contribution >= 0.6 is 15.9 Å². The highest BCUT2D eigenvalue weighted by Gasteiger charge is 2.40. The molecule has 1 aliphatic heterocycles. The van der Waals surface area contributed by atoms with Gasteiger partial charge in [-0.1, -0.05) is 6.92 Å². The molecule has 110 valence electrons. The van der Waals surface area contributed by atoms with E-state index in [4.69, 9.17) is 4.74 Å². The van der Waals surface area contributed by atoms with E-state index >= 15 is 0 Å². The van der Waals surface area contributed by atoms with Crippen molar-refractivity contribution in [3.05, 3.63) is 21.0 Å². The summed E-state index contributed by atoms with van der Waals surface area (Å²) >= 11 is 3.40. The molecule has 2 fully saturated rings. The van der Waals surface area contributed by atoms with Crippen LogP contribution in [0, 0.1) is 5.92 Å². The van der Waals surface area contributed by atoms with Crippen molar-refractivity contribution in [2.24, 2.45) is 5.92 Å². The molecule has 5 nitrogen and oxygen atoms in total. The van der Waals surface area contributed by atoms with Crippen LogP contribution in [0.2, 0.25) is 0 Å². The van der Waals surface area contributed by atoms with Crippen LogP contribution in [-0.2, 0) is 11.3 Å². The summed E-state index contributed by atoms with van der Waals surface area (Å²) in [4.78, 5) is 12.2. The van der Waals surface area contributed by atoms with Gasteiger partial charge in [0.25, 0.3) is 5.56 Å². The fraction of sp³-hybridized carbons (Fsp3) is 0.714. The average molecular weight is 342 g/mol. The number of nitrogens with zero attached hydrogens (tertiary/aromatic N) is 2. The number of aryl methyl sites for hydroxylation is 1. The Morgan fingerprint density at radius 3 is 3.00 bits per heavy atom. The maximum absolute atomic E-state index is 12.2. The predicted octanol–water partition coefficient (Wildman–Crippen LogP) is 2.40. The zero-order valence-corrected chi connectivity index (χ0v) is 13.2. The molecule has 1 aliphatic carbocycles. The van der Waals surface area contributed by atoms with E-state index in [1.165, 1.54) is 17.5 Å². The molecule has 1 saturated heterocycles. The van der Waals surface area contributed by atoms with Gasteiger partial charge in [-0.05, 0) is 47.5 Å². The van der Waals surface area contributed by atoms with Crippen LogP contribution in [-0.4, -0.2) is 28.5 Å². The maximum Gasteiger partial charge on any atom is 0.283 e. The van der Waals surface area contributed by atoms with E-state index in [0.29, 0.717) is 29.1 Å². The zero-order valence-electron chi connectivity index (χ0n) is 11.6. The quantitative estimate of drug-likeness (QED) is 0.893. The van der Waals surface area contributed by atoms with Crippen molar-refractivity contribution in [1.29, 1.82) is 0 Å². The molecule has 3 rings (SSSR count). The van der Waals surface area contributed by atoms with E-state index in [1.54, 1.807) is 6.20 Å². The standard InChI is InChI=1S/C14H20BrN3O2/c1-2-6-18-14(19)12(15)11(8-16-18)17-10-5-7-20-13(10)9-3-4-9/h8-10,13,17H,2-7H2,1H3. The molecule has 2 heterocycles. The molecule has 1 aromatic rings. The fourth-order valence-corrected chi connectivity index (χ4v) is 3.21. The monoisotopic (exact) mass is 341 g/mol. The SMILES string of the molecule is CCCn1ncc(NC2CCOC2C2CC2)c(Br)c1=O. The first-order valence-corrected chi connectivity index (χ1v) is 8.13. The molecule has 0 radical (unpaired) electrons. The lowest BCUT2D eigenvalue weighted by atomic mass is 10.1. The van der Waals surface area contributed by atoms with Gasteiger partial charge in [0.2, 0.25) is 0 Å². The Labute approximate surface area is 126 Å². The number of hydrogen-bond donors (Lipinski definition) is 1. The Bertz CT molecular complexity index is 542. The fourth-order valence-electron chi connectivity index (χ4n) is 2.79. The Morgan fingerprint density at radius 2 is 2.30 bits per heavy atom. The van der Waals surface area contributed by atoms with Gasteiger partial charge >= 0.3 is 0 Å². The minimum Gasteiger partial charge on any atom is -0.377 e. The van der Waals surface area contributed by atoms with Crippen LogP contribution < -0.4 is 10.9 Å². The van der Waals surface area contributed by atoms with Gasteiger partial charge in [0.15, 0.2) is 0 Å². The van der Waals surface area contributed by atoms with Crippen molar-refractivity contribution in [2.75, 3.05) is 11.9 Å². The van der Waals surface area contributed by atoms with Crippen molar-refractivity contribution in [3.8, 4) is 0 Å². The summed E-state index contributed by atoms with van der Waals surface area (Å²) in [6, 6.07) is 0.294. The maximum atomic E-state index is 12.2. The van der Waals surface area contributed by atoms with Crippen molar-refractivity contribution >= 4 is 21.6 Å². The third kappa shape index (κ3) is 2.76. The second kappa shape index (κ2) is 5.85. The molecular formula is C14H20BrN3O2. The minimum atomic E-state index is -0.0706. The molecule has 0 amide bonds. The van der Waals surface area contributed by atoms with E-state index in [1.807, 2.05) is 6.92 Å². The van der Waals surface area contributed by atoms with E-state index in [9.17, 15) is 4.79 Å². The number of aromatic nitrogens is 2. The van der Waals surface area contributed by atoms with Gasteiger partial charge < -0.3 is 10.1 Å². The lowest BCUT2D eigenvalue weighted by molar-refractivity contribution is 0.0898. The van der Waals surface area contributed by atoms with Crippen molar-refractivity contribution < 1.29 is 4.74 Å². The third-order valence-corrected chi connectivity index (χ3v) is 4.75. The predicted molar refractivity (Wildman–Crippen MR) is 81.0 cm³/mol. The smallest absolute Gasteiger partial charge is 0.283 e. The molecular weight excluding hydrogens is 322 g/mol. The van der Waals surface area contributed by atoms with Crippen molar-refractivity contribution in [1.82, 2.24) is 9.78 Å². The lowest BCUT2D eigenvalue weighted by Crippen LogP contribution is -2.32.